The van der Waals surface area contributed by atoms with Crippen molar-refractivity contribution in [1.29, 1.82) is 0 Å². The summed E-state index contributed by atoms with van der Waals surface area (Å²) in [7, 11) is 0. The van der Waals surface area contributed by atoms with Gasteiger partial charge in [-0.15, -0.1) is 16.7 Å². The molecule has 0 bridgehead atoms. The lowest BCUT2D eigenvalue weighted by molar-refractivity contribution is 0.241. The molecule has 0 saturated carbocycles. The van der Waals surface area contributed by atoms with Gasteiger partial charge in [0.2, 0.25) is 5.89 Å². The highest BCUT2D eigenvalue weighted by molar-refractivity contribution is 6.20. The van der Waals surface area contributed by atoms with Crippen LogP contribution in [0.3, 0.4) is 0 Å². The SMILES string of the molecule is CC(Cl)c1nnc(N2CCC(C)C2CO)o1. The fourth-order valence-electron chi connectivity index (χ4n) is 2.03. The molecule has 2 heterocycles. The number of alkyl halides is 1. The van der Waals surface area contributed by atoms with E-state index < -0.39 is 0 Å². The third kappa shape index (κ3) is 2.01. The highest BCUT2D eigenvalue weighted by atomic mass is 35.5. The standard InChI is InChI=1S/C10H16ClN3O2/c1-6-3-4-14(8(6)5-15)10-13-12-9(16-10)7(2)11/h6-8,15H,3-5H2,1-2H3. The van der Waals surface area contributed by atoms with Crippen LogP contribution in [-0.2, 0) is 0 Å². The molecule has 0 spiro atoms. The molecule has 1 aliphatic heterocycles. The monoisotopic (exact) mass is 245 g/mol. The molecule has 0 aliphatic carbocycles. The molecule has 0 aromatic carbocycles. The van der Waals surface area contributed by atoms with E-state index in [-0.39, 0.29) is 18.0 Å². The number of hydrogen-bond acceptors (Lipinski definition) is 5. The number of aliphatic hydroxyl groups is 1. The van der Waals surface area contributed by atoms with Crippen molar-refractivity contribution in [2.45, 2.75) is 31.7 Å². The van der Waals surface area contributed by atoms with E-state index in [1.807, 2.05) is 4.90 Å². The molecule has 2 rings (SSSR count). The van der Waals surface area contributed by atoms with Crippen LogP contribution in [0.1, 0.15) is 31.5 Å². The smallest absolute Gasteiger partial charge is 0.318 e. The Morgan fingerprint density at radius 3 is 2.94 bits per heavy atom. The summed E-state index contributed by atoms with van der Waals surface area (Å²) in [5, 5.41) is 16.9. The van der Waals surface area contributed by atoms with E-state index in [0.29, 0.717) is 17.8 Å². The van der Waals surface area contributed by atoms with Gasteiger partial charge in [0.05, 0.1) is 12.6 Å². The van der Waals surface area contributed by atoms with E-state index in [0.717, 1.165) is 13.0 Å². The zero-order valence-electron chi connectivity index (χ0n) is 9.43. The van der Waals surface area contributed by atoms with Crippen LogP contribution in [0.2, 0.25) is 0 Å². The number of hydrogen-bond donors (Lipinski definition) is 1. The third-order valence-corrected chi connectivity index (χ3v) is 3.27. The predicted octanol–water partition coefficient (Wildman–Crippen LogP) is 1.58. The Bertz CT molecular complexity index is 356. The van der Waals surface area contributed by atoms with E-state index in [4.69, 9.17) is 16.0 Å². The quantitative estimate of drug-likeness (QED) is 0.820. The maximum Gasteiger partial charge on any atom is 0.318 e. The van der Waals surface area contributed by atoms with Crippen LogP contribution in [0, 0.1) is 5.92 Å². The van der Waals surface area contributed by atoms with Crippen LogP contribution < -0.4 is 4.90 Å². The van der Waals surface area contributed by atoms with Crippen molar-refractivity contribution in [2.24, 2.45) is 5.92 Å². The molecule has 0 amide bonds. The van der Waals surface area contributed by atoms with Gasteiger partial charge in [-0.2, -0.15) is 0 Å². The lowest BCUT2D eigenvalue weighted by atomic mass is 10.0. The van der Waals surface area contributed by atoms with Gasteiger partial charge in [0.1, 0.15) is 5.38 Å². The molecule has 1 aliphatic rings. The van der Waals surface area contributed by atoms with Gasteiger partial charge in [0, 0.05) is 6.54 Å². The number of aliphatic hydroxyl groups excluding tert-OH is 1. The minimum atomic E-state index is -0.283. The summed E-state index contributed by atoms with van der Waals surface area (Å²) >= 11 is 5.86. The van der Waals surface area contributed by atoms with Gasteiger partial charge < -0.3 is 14.4 Å². The number of nitrogens with zero attached hydrogens (tertiary/aromatic N) is 3. The van der Waals surface area contributed by atoms with Gasteiger partial charge in [-0.3, -0.25) is 0 Å². The highest BCUT2D eigenvalue weighted by Gasteiger charge is 2.33. The molecular formula is C10H16ClN3O2. The van der Waals surface area contributed by atoms with E-state index in [1.165, 1.54) is 0 Å². The van der Waals surface area contributed by atoms with Crippen LogP contribution >= 0.6 is 11.6 Å². The fraction of sp³-hybridized carbons (Fsp3) is 0.800. The Morgan fingerprint density at radius 2 is 2.38 bits per heavy atom. The summed E-state index contributed by atoms with van der Waals surface area (Å²) in [6.45, 7) is 4.84. The van der Waals surface area contributed by atoms with Gasteiger partial charge in [0.15, 0.2) is 0 Å². The van der Waals surface area contributed by atoms with Crippen molar-refractivity contribution in [3.63, 3.8) is 0 Å². The predicted molar refractivity (Wildman–Crippen MR) is 60.6 cm³/mol. The second-order valence-electron chi connectivity index (χ2n) is 4.25. The maximum absolute atomic E-state index is 9.33. The van der Waals surface area contributed by atoms with E-state index in [2.05, 4.69) is 17.1 Å². The molecular weight excluding hydrogens is 230 g/mol. The molecule has 3 atom stereocenters. The van der Waals surface area contributed by atoms with Crippen molar-refractivity contribution >= 4 is 17.6 Å². The number of anilines is 1. The second-order valence-corrected chi connectivity index (χ2v) is 4.90. The Labute approximate surface area is 99.4 Å². The Hall–Kier alpha value is -0.810. The topological polar surface area (TPSA) is 62.4 Å². The molecule has 6 heteroatoms. The summed E-state index contributed by atoms with van der Waals surface area (Å²) in [6.07, 6.45) is 1.03. The number of rotatable bonds is 3. The van der Waals surface area contributed by atoms with Crippen LogP contribution in [0.25, 0.3) is 0 Å². The normalized spacial score (nSPS) is 27.4. The number of halogens is 1. The van der Waals surface area contributed by atoms with Crippen molar-refractivity contribution in [1.82, 2.24) is 10.2 Å². The fourth-order valence-corrected chi connectivity index (χ4v) is 2.12. The van der Waals surface area contributed by atoms with E-state index in [9.17, 15) is 5.11 Å². The van der Waals surface area contributed by atoms with E-state index in [1.54, 1.807) is 6.92 Å². The molecule has 1 aromatic rings. The molecule has 3 unspecified atom stereocenters. The Kier molecular flexibility index (Phi) is 3.35. The number of aromatic nitrogens is 2. The molecule has 1 aromatic heterocycles. The van der Waals surface area contributed by atoms with Crippen LogP contribution in [0.15, 0.2) is 4.42 Å². The molecule has 0 radical (unpaired) electrons. The summed E-state index contributed by atoms with van der Waals surface area (Å²) in [5.41, 5.74) is 0. The average molecular weight is 246 g/mol. The molecule has 1 fully saturated rings. The van der Waals surface area contributed by atoms with Gasteiger partial charge in [-0.25, -0.2) is 0 Å². The molecule has 1 N–H and O–H groups in total. The largest absolute Gasteiger partial charge is 0.406 e. The van der Waals surface area contributed by atoms with Crippen LogP contribution in [0.4, 0.5) is 6.01 Å². The molecule has 16 heavy (non-hydrogen) atoms. The van der Waals surface area contributed by atoms with Crippen molar-refractivity contribution < 1.29 is 9.52 Å². The second kappa shape index (κ2) is 4.59. The third-order valence-electron chi connectivity index (χ3n) is 3.09. The molecule has 90 valence electrons. The van der Waals surface area contributed by atoms with Crippen LogP contribution in [0.5, 0.6) is 0 Å². The summed E-state index contributed by atoms with van der Waals surface area (Å²) in [5.74, 6) is 0.863. The molecule has 1 saturated heterocycles. The minimum Gasteiger partial charge on any atom is -0.406 e. The van der Waals surface area contributed by atoms with Gasteiger partial charge in [-0.1, -0.05) is 12.0 Å². The lowest BCUT2D eigenvalue weighted by Crippen LogP contribution is -2.35. The highest BCUT2D eigenvalue weighted by Crippen LogP contribution is 2.30. The lowest BCUT2D eigenvalue weighted by Gasteiger charge is -2.22. The average Bonchev–Trinajstić information content (AvgIpc) is 2.83. The van der Waals surface area contributed by atoms with Crippen molar-refractivity contribution in [3.8, 4) is 0 Å². The minimum absolute atomic E-state index is 0.0685. The summed E-state index contributed by atoms with van der Waals surface area (Å²) < 4.78 is 5.47. The summed E-state index contributed by atoms with van der Waals surface area (Å²) in [4.78, 5) is 1.96. The Morgan fingerprint density at radius 1 is 1.62 bits per heavy atom. The van der Waals surface area contributed by atoms with Gasteiger partial charge in [-0.05, 0) is 19.3 Å². The Balaban J connectivity index is 2.17. The van der Waals surface area contributed by atoms with Gasteiger partial charge in [0.25, 0.3) is 0 Å². The first-order chi connectivity index (χ1) is 7.63. The maximum atomic E-state index is 9.33. The van der Waals surface area contributed by atoms with Crippen molar-refractivity contribution in [3.05, 3.63) is 5.89 Å². The van der Waals surface area contributed by atoms with E-state index >= 15 is 0 Å². The zero-order chi connectivity index (χ0) is 11.7. The first kappa shape index (κ1) is 11.7. The summed E-state index contributed by atoms with van der Waals surface area (Å²) in [6, 6.07) is 0.532. The molecule has 5 nitrogen and oxygen atoms in total. The first-order valence-electron chi connectivity index (χ1n) is 5.48. The first-order valence-corrected chi connectivity index (χ1v) is 5.92. The zero-order valence-corrected chi connectivity index (χ0v) is 10.2. The van der Waals surface area contributed by atoms with Crippen molar-refractivity contribution in [2.75, 3.05) is 18.1 Å². The van der Waals surface area contributed by atoms with Crippen LogP contribution in [-0.4, -0.2) is 34.5 Å². The van der Waals surface area contributed by atoms with Gasteiger partial charge >= 0.3 is 6.01 Å².